The molecule has 0 saturated heterocycles. The molecule has 0 aliphatic heterocycles. The summed E-state index contributed by atoms with van der Waals surface area (Å²) in [7, 11) is 0. The van der Waals surface area contributed by atoms with Gasteiger partial charge in [0.05, 0.1) is 17.4 Å². The van der Waals surface area contributed by atoms with Crippen LogP contribution in [0.5, 0.6) is 0 Å². The van der Waals surface area contributed by atoms with E-state index >= 15 is 0 Å². The molecule has 7 nitrogen and oxygen atoms in total. The first-order valence-electron chi connectivity index (χ1n) is 7.88. The predicted molar refractivity (Wildman–Crippen MR) is 91.1 cm³/mol. The van der Waals surface area contributed by atoms with Crippen molar-refractivity contribution in [3.63, 3.8) is 0 Å². The highest BCUT2D eigenvalue weighted by Gasteiger charge is 2.40. The van der Waals surface area contributed by atoms with Crippen molar-refractivity contribution >= 4 is 5.82 Å². The molecule has 2 N–H and O–H groups in total. The average Bonchev–Trinajstić information content (AvgIpc) is 3.27. The molecule has 0 aliphatic carbocycles. The van der Waals surface area contributed by atoms with Gasteiger partial charge in [0.2, 0.25) is 0 Å². The van der Waals surface area contributed by atoms with E-state index in [0.29, 0.717) is 5.69 Å². The summed E-state index contributed by atoms with van der Waals surface area (Å²) in [6, 6.07) is 6.85. The maximum absolute atomic E-state index is 13.6. The maximum atomic E-state index is 13.6. The molecule has 0 atom stereocenters. The van der Waals surface area contributed by atoms with Crippen molar-refractivity contribution in [1.29, 1.82) is 0 Å². The van der Waals surface area contributed by atoms with Crippen LogP contribution in [0, 0.1) is 5.82 Å². The fourth-order valence-electron chi connectivity index (χ4n) is 2.65. The zero-order valence-electron chi connectivity index (χ0n) is 14.0. The molecule has 0 saturated carbocycles. The first-order chi connectivity index (χ1) is 13.3. The Kier molecular flexibility index (Phi) is 4.06. The quantitative estimate of drug-likeness (QED) is 0.544. The molecule has 0 radical (unpaired) electrons. The van der Waals surface area contributed by atoms with E-state index in [2.05, 4.69) is 20.2 Å². The third-order valence-electron chi connectivity index (χ3n) is 3.89. The van der Waals surface area contributed by atoms with E-state index in [-0.39, 0.29) is 22.9 Å². The first-order valence-corrected chi connectivity index (χ1v) is 7.88. The summed E-state index contributed by atoms with van der Waals surface area (Å²) in [6.07, 6.45) is 0.543. The largest absolute Gasteiger partial charge is 0.435 e. The van der Waals surface area contributed by atoms with Crippen LogP contribution in [0.1, 0.15) is 5.69 Å². The highest BCUT2D eigenvalue weighted by molar-refractivity contribution is 5.77. The highest BCUT2D eigenvalue weighted by atomic mass is 19.4. The molecule has 4 aromatic rings. The van der Waals surface area contributed by atoms with Gasteiger partial charge in [0.1, 0.15) is 11.6 Å². The Hall–Kier alpha value is -3.76. The molecule has 3 aromatic heterocycles. The second-order valence-corrected chi connectivity index (χ2v) is 5.72. The van der Waals surface area contributed by atoms with Crippen LogP contribution in [0.25, 0.3) is 22.8 Å². The Balaban J connectivity index is 1.85. The highest BCUT2D eigenvalue weighted by Crippen LogP contribution is 2.40. The zero-order valence-corrected chi connectivity index (χ0v) is 14.0. The third kappa shape index (κ3) is 3.06. The van der Waals surface area contributed by atoms with Crippen LogP contribution in [-0.4, -0.2) is 29.5 Å². The molecule has 0 unspecified atom stereocenters. The maximum Gasteiger partial charge on any atom is 0.435 e. The number of aromatic nitrogens is 6. The second kappa shape index (κ2) is 6.44. The summed E-state index contributed by atoms with van der Waals surface area (Å²) < 4.78 is 55.9. The summed E-state index contributed by atoms with van der Waals surface area (Å²) in [6.45, 7) is 0. The average molecular weight is 389 g/mol. The van der Waals surface area contributed by atoms with E-state index in [9.17, 15) is 17.6 Å². The SMILES string of the molecule is Nc1c(-c2cnn(-c3ccc(F)cc3)c2)c(C(F)(F)F)nn1-c1ncccn1. The molecule has 0 amide bonds. The number of anilines is 1. The van der Waals surface area contributed by atoms with Gasteiger partial charge in [-0.25, -0.2) is 19.0 Å². The molecule has 0 spiro atoms. The molecule has 142 valence electrons. The van der Waals surface area contributed by atoms with Crippen LogP contribution in [0.2, 0.25) is 0 Å². The standard InChI is InChI=1S/C17H11F4N7/c18-11-2-4-12(5-3-11)27-9-10(8-25-27)13-14(17(19,20)21)26-28(15(13)22)16-23-6-1-7-24-16/h1-9H,22H2. The van der Waals surface area contributed by atoms with E-state index in [1.54, 1.807) is 0 Å². The Morgan fingerprint density at radius 1 is 1.00 bits per heavy atom. The van der Waals surface area contributed by atoms with Crippen LogP contribution in [-0.2, 0) is 6.18 Å². The zero-order chi connectivity index (χ0) is 19.9. The van der Waals surface area contributed by atoms with Gasteiger partial charge in [0.15, 0.2) is 5.69 Å². The van der Waals surface area contributed by atoms with E-state index in [1.807, 2.05) is 0 Å². The molecule has 3 heterocycles. The van der Waals surface area contributed by atoms with E-state index in [4.69, 9.17) is 5.73 Å². The fourth-order valence-corrected chi connectivity index (χ4v) is 2.65. The van der Waals surface area contributed by atoms with Crippen LogP contribution >= 0.6 is 0 Å². The molecular formula is C17H11F4N7. The number of rotatable bonds is 3. The van der Waals surface area contributed by atoms with Crippen molar-refractivity contribution in [2.45, 2.75) is 6.18 Å². The Morgan fingerprint density at radius 3 is 2.32 bits per heavy atom. The number of nitrogen functional groups attached to an aromatic ring is 1. The van der Waals surface area contributed by atoms with Crippen molar-refractivity contribution in [1.82, 2.24) is 29.5 Å². The number of nitrogens with two attached hydrogens (primary N) is 1. The summed E-state index contributed by atoms with van der Waals surface area (Å²) in [5.74, 6) is -0.816. The summed E-state index contributed by atoms with van der Waals surface area (Å²) >= 11 is 0. The lowest BCUT2D eigenvalue weighted by molar-refractivity contribution is -0.140. The van der Waals surface area contributed by atoms with Crippen LogP contribution in [0.3, 0.4) is 0 Å². The minimum Gasteiger partial charge on any atom is -0.383 e. The molecule has 4 rings (SSSR count). The minimum absolute atomic E-state index is 0.0938. The number of benzene rings is 1. The van der Waals surface area contributed by atoms with Gasteiger partial charge < -0.3 is 5.73 Å². The van der Waals surface area contributed by atoms with E-state index in [0.717, 1.165) is 4.68 Å². The topological polar surface area (TPSA) is 87.4 Å². The van der Waals surface area contributed by atoms with Gasteiger partial charge in [0.25, 0.3) is 5.95 Å². The van der Waals surface area contributed by atoms with Crippen molar-refractivity contribution in [2.24, 2.45) is 0 Å². The fraction of sp³-hybridized carbons (Fsp3) is 0.0588. The minimum atomic E-state index is -4.76. The Morgan fingerprint density at radius 2 is 1.68 bits per heavy atom. The number of hydrogen-bond donors (Lipinski definition) is 1. The lowest BCUT2D eigenvalue weighted by atomic mass is 10.1. The molecule has 1 aromatic carbocycles. The molecular weight excluding hydrogens is 378 g/mol. The lowest BCUT2D eigenvalue weighted by Crippen LogP contribution is -2.09. The van der Waals surface area contributed by atoms with Gasteiger partial charge in [-0.1, -0.05) is 0 Å². The number of hydrogen-bond acceptors (Lipinski definition) is 5. The van der Waals surface area contributed by atoms with Gasteiger partial charge in [-0.3, -0.25) is 0 Å². The third-order valence-corrected chi connectivity index (χ3v) is 3.89. The molecule has 0 aliphatic rings. The predicted octanol–water partition coefficient (Wildman–Crippen LogP) is 3.26. The lowest BCUT2D eigenvalue weighted by Gasteiger charge is -2.05. The van der Waals surface area contributed by atoms with Crippen molar-refractivity contribution in [2.75, 3.05) is 5.73 Å². The number of nitrogens with zero attached hydrogens (tertiary/aromatic N) is 6. The molecule has 0 fully saturated rings. The molecule has 28 heavy (non-hydrogen) atoms. The van der Waals surface area contributed by atoms with E-state index in [1.165, 1.54) is 59.8 Å². The van der Waals surface area contributed by atoms with Crippen molar-refractivity contribution < 1.29 is 17.6 Å². The Bertz CT molecular complexity index is 1110. The summed E-state index contributed by atoms with van der Waals surface area (Å²) in [5, 5.41) is 7.62. The van der Waals surface area contributed by atoms with Gasteiger partial charge in [-0.15, -0.1) is 0 Å². The molecule has 11 heteroatoms. The summed E-state index contributed by atoms with van der Waals surface area (Å²) in [4.78, 5) is 7.77. The van der Waals surface area contributed by atoms with Crippen molar-refractivity contribution in [3.05, 3.63) is 66.6 Å². The van der Waals surface area contributed by atoms with Crippen molar-refractivity contribution in [3.8, 4) is 22.8 Å². The monoisotopic (exact) mass is 389 g/mol. The first kappa shape index (κ1) is 17.6. The van der Waals surface area contributed by atoms with Gasteiger partial charge in [-0.05, 0) is 30.3 Å². The number of alkyl halides is 3. The number of halogens is 4. The van der Waals surface area contributed by atoms with Gasteiger partial charge in [0, 0.05) is 24.2 Å². The molecule has 0 bridgehead atoms. The van der Waals surface area contributed by atoms with E-state index < -0.39 is 17.7 Å². The van der Waals surface area contributed by atoms with Crippen LogP contribution in [0.15, 0.2) is 55.1 Å². The summed E-state index contributed by atoms with van der Waals surface area (Å²) in [5.41, 5.74) is 5.01. The second-order valence-electron chi connectivity index (χ2n) is 5.72. The normalized spacial score (nSPS) is 11.7. The van der Waals surface area contributed by atoms with Crippen LogP contribution < -0.4 is 5.73 Å². The van der Waals surface area contributed by atoms with Crippen LogP contribution in [0.4, 0.5) is 23.4 Å². The van der Waals surface area contributed by atoms with Gasteiger partial charge >= 0.3 is 6.18 Å². The van der Waals surface area contributed by atoms with Gasteiger partial charge in [-0.2, -0.15) is 28.1 Å². The Labute approximate surface area is 155 Å². The smallest absolute Gasteiger partial charge is 0.383 e.